The van der Waals surface area contributed by atoms with Crippen LogP contribution in [0.25, 0.3) is 0 Å². The van der Waals surface area contributed by atoms with Crippen LogP contribution in [0, 0.1) is 0 Å². The normalized spacial score (nSPS) is 13.4. The predicted molar refractivity (Wildman–Crippen MR) is 299 cm³/mol. The zero-order valence-corrected chi connectivity index (χ0v) is 46.4. The van der Waals surface area contributed by atoms with Gasteiger partial charge in [0.25, 0.3) is 6.29 Å². The fourth-order valence-electron chi connectivity index (χ4n) is 7.72. The summed E-state index contributed by atoms with van der Waals surface area (Å²) < 4.78 is 22.8. The number of hydrogen-bond donors (Lipinski definition) is 1. The molecule has 0 heterocycles. The van der Waals surface area contributed by atoms with Crippen LogP contribution in [0.5, 0.6) is 0 Å². The van der Waals surface area contributed by atoms with Gasteiger partial charge in [-0.1, -0.05) is 214 Å². The zero-order chi connectivity index (χ0) is 52.0. The third-order valence-corrected chi connectivity index (χ3v) is 12.1. The lowest BCUT2D eigenvalue weighted by molar-refractivity contribution is -0.870. The maximum atomic E-state index is 12.9. The monoisotopic (exact) mass is 995 g/mol. The van der Waals surface area contributed by atoms with Gasteiger partial charge in [0, 0.05) is 12.8 Å². The summed E-state index contributed by atoms with van der Waals surface area (Å²) >= 11 is 0. The van der Waals surface area contributed by atoms with Gasteiger partial charge >= 0.3 is 17.9 Å². The Morgan fingerprint density at radius 2 is 0.803 bits per heavy atom. The average molecular weight is 996 g/mol. The second-order valence-electron chi connectivity index (χ2n) is 20.2. The van der Waals surface area contributed by atoms with Crippen LogP contribution in [0.2, 0.25) is 0 Å². The van der Waals surface area contributed by atoms with Crippen LogP contribution >= 0.6 is 0 Å². The molecule has 9 heteroatoms. The molecule has 0 rings (SSSR count). The number of rotatable bonds is 52. The van der Waals surface area contributed by atoms with E-state index in [0.717, 1.165) is 96.3 Å². The summed E-state index contributed by atoms with van der Waals surface area (Å²) in [6.07, 6.45) is 66.6. The molecule has 0 amide bonds. The van der Waals surface area contributed by atoms with Crippen molar-refractivity contribution in [2.75, 3.05) is 47.5 Å². The summed E-state index contributed by atoms with van der Waals surface area (Å²) in [6.45, 7) is 4.75. The van der Waals surface area contributed by atoms with E-state index in [2.05, 4.69) is 98.9 Å². The molecule has 0 saturated carbocycles. The van der Waals surface area contributed by atoms with Gasteiger partial charge in [-0.25, -0.2) is 4.79 Å². The van der Waals surface area contributed by atoms with Crippen molar-refractivity contribution in [1.82, 2.24) is 0 Å². The van der Waals surface area contributed by atoms with Crippen LogP contribution in [0.15, 0.2) is 85.1 Å². The number of likely N-dealkylation sites (N-methyl/N-ethyl adjacent to an activating group) is 1. The first-order chi connectivity index (χ1) is 34.6. The zero-order valence-electron chi connectivity index (χ0n) is 46.4. The van der Waals surface area contributed by atoms with Gasteiger partial charge in [0.2, 0.25) is 0 Å². The minimum absolute atomic E-state index is 0.183. The Bertz CT molecular complexity index is 1440. The van der Waals surface area contributed by atoms with Gasteiger partial charge in [-0.2, -0.15) is 0 Å². The first-order valence-electron chi connectivity index (χ1n) is 28.8. The van der Waals surface area contributed by atoms with Gasteiger partial charge in [0.15, 0.2) is 6.10 Å². The van der Waals surface area contributed by atoms with Crippen molar-refractivity contribution in [3.05, 3.63) is 85.1 Å². The smallest absolute Gasteiger partial charge is 0.361 e. The van der Waals surface area contributed by atoms with Crippen molar-refractivity contribution in [1.29, 1.82) is 0 Å². The topological polar surface area (TPSA) is 108 Å². The van der Waals surface area contributed by atoms with E-state index in [9.17, 15) is 19.5 Å². The largest absolute Gasteiger partial charge is 0.477 e. The number of allylic oxidation sites excluding steroid dienone is 14. The summed E-state index contributed by atoms with van der Waals surface area (Å²) in [5.74, 6) is -2.02. The van der Waals surface area contributed by atoms with E-state index in [1.54, 1.807) is 0 Å². The quantitative estimate of drug-likeness (QED) is 0.0211. The number of nitrogens with zero attached hydrogens (tertiary/aromatic N) is 1. The Balaban J connectivity index is 4.21. The van der Waals surface area contributed by atoms with Crippen molar-refractivity contribution in [3.8, 4) is 0 Å². The highest BCUT2D eigenvalue weighted by molar-refractivity contribution is 5.71. The van der Waals surface area contributed by atoms with E-state index >= 15 is 0 Å². The van der Waals surface area contributed by atoms with Crippen LogP contribution < -0.4 is 0 Å². The molecule has 0 aromatic rings. The Morgan fingerprint density at radius 1 is 0.437 bits per heavy atom. The number of quaternary nitrogens is 1. The number of carbonyl (C=O) groups is 3. The number of carbonyl (C=O) groups excluding carboxylic acids is 2. The first-order valence-corrected chi connectivity index (χ1v) is 28.8. The molecule has 0 saturated heterocycles. The number of hydrogen-bond acceptors (Lipinski definition) is 7. The van der Waals surface area contributed by atoms with Crippen LogP contribution in [0.3, 0.4) is 0 Å². The number of unbranched alkanes of at least 4 members (excludes halogenated alkanes) is 23. The average Bonchev–Trinajstić information content (AvgIpc) is 3.34. The Morgan fingerprint density at radius 3 is 1.21 bits per heavy atom. The number of esters is 2. The summed E-state index contributed by atoms with van der Waals surface area (Å²) in [5.41, 5.74) is 0. The van der Waals surface area contributed by atoms with E-state index in [1.807, 2.05) is 21.1 Å². The molecule has 0 fully saturated rings. The SMILES string of the molecule is CC/C=C\C/C=C\C/C=C\C/C=C\C/C=C\C/C=C\CCCCCCCCCCCCCCC(=O)OC(COC(=O)CCCCCCC/C=C\CCCCCCCC)COC(OCC[N+](C)(C)C)C(=O)O. The molecule has 2 atom stereocenters. The molecule has 0 aliphatic carbocycles. The highest BCUT2D eigenvalue weighted by Gasteiger charge is 2.25. The summed E-state index contributed by atoms with van der Waals surface area (Å²) in [5, 5.41) is 9.69. The van der Waals surface area contributed by atoms with Gasteiger partial charge in [-0.05, 0) is 89.9 Å². The molecule has 0 aliphatic rings. The van der Waals surface area contributed by atoms with E-state index < -0.39 is 24.3 Å². The number of ether oxygens (including phenoxy) is 4. The van der Waals surface area contributed by atoms with Crippen LogP contribution in [0.1, 0.15) is 232 Å². The molecule has 0 spiro atoms. The molecule has 408 valence electrons. The number of carboxylic acid groups (broad SMARTS) is 1. The van der Waals surface area contributed by atoms with E-state index in [1.165, 1.54) is 103 Å². The molecule has 1 N–H and O–H groups in total. The van der Waals surface area contributed by atoms with E-state index in [-0.39, 0.29) is 38.6 Å². The molecule has 0 bridgehead atoms. The summed E-state index contributed by atoms with van der Waals surface area (Å²) in [4.78, 5) is 37.4. The van der Waals surface area contributed by atoms with Crippen molar-refractivity contribution >= 4 is 17.9 Å². The highest BCUT2D eigenvalue weighted by atomic mass is 16.7. The highest BCUT2D eigenvalue weighted by Crippen LogP contribution is 2.15. The van der Waals surface area contributed by atoms with E-state index in [4.69, 9.17) is 18.9 Å². The Kier molecular flexibility index (Phi) is 50.2. The first kappa shape index (κ1) is 67.5. The summed E-state index contributed by atoms with van der Waals surface area (Å²) in [6, 6.07) is 0. The minimum Gasteiger partial charge on any atom is -0.477 e. The third kappa shape index (κ3) is 54.1. The number of carboxylic acids is 1. The van der Waals surface area contributed by atoms with Gasteiger partial charge < -0.3 is 28.5 Å². The molecule has 71 heavy (non-hydrogen) atoms. The maximum Gasteiger partial charge on any atom is 0.361 e. The van der Waals surface area contributed by atoms with Crippen molar-refractivity contribution < 1.29 is 42.9 Å². The molecule has 9 nitrogen and oxygen atoms in total. The fourth-order valence-corrected chi connectivity index (χ4v) is 7.72. The fraction of sp³-hybridized carbons (Fsp3) is 0.726. The van der Waals surface area contributed by atoms with Gasteiger partial charge in [0.1, 0.15) is 13.2 Å². The van der Waals surface area contributed by atoms with Crippen LogP contribution in [0.4, 0.5) is 0 Å². The Hall–Kier alpha value is -3.53. The Labute approximate surface area is 436 Å². The molecular formula is C62H108NO8+. The molecular weight excluding hydrogens is 887 g/mol. The predicted octanol–water partition coefficient (Wildman–Crippen LogP) is 16.8. The molecule has 2 unspecified atom stereocenters. The minimum atomic E-state index is -1.51. The molecule has 0 aliphatic heterocycles. The molecule has 0 aromatic heterocycles. The van der Waals surface area contributed by atoms with Crippen LogP contribution in [-0.4, -0.2) is 87.4 Å². The second kappa shape index (κ2) is 52.8. The van der Waals surface area contributed by atoms with E-state index in [0.29, 0.717) is 17.4 Å². The standard InChI is InChI=1S/C62H107NO8/c1-6-8-10-12-14-16-18-20-22-23-24-25-26-27-28-29-30-31-32-33-34-35-36-37-39-41-43-45-47-49-51-53-60(65)71-58(57-70-62(61(66)67)68-55-54-63(3,4)5)56-69-59(64)52-50-48-46-44-42-40-38-21-19-17-15-13-11-9-7-2/h8,10,14,16,20-22,24-25,27-28,30-31,38,58,62H,6-7,9,11-13,15,17-19,23,26,29,32-37,39-57H2,1-5H3/p+1/b10-8-,16-14-,22-20-,25-24-,28-27-,31-30-,38-21-. The van der Waals surface area contributed by atoms with Crippen molar-refractivity contribution in [2.24, 2.45) is 0 Å². The van der Waals surface area contributed by atoms with Crippen molar-refractivity contribution in [3.63, 3.8) is 0 Å². The summed E-state index contributed by atoms with van der Waals surface area (Å²) in [7, 11) is 5.96. The molecule has 0 aromatic carbocycles. The molecule has 0 radical (unpaired) electrons. The third-order valence-electron chi connectivity index (χ3n) is 12.1. The van der Waals surface area contributed by atoms with Gasteiger partial charge in [-0.3, -0.25) is 9.59 Å². The lowest BCUT2D eigenvalue weighted by Gasteiger charge is -2.25. The van der Waals surface area contributed by atoms with Gasteiger partial charge in [0.05, 0.1) is 34.4 Å². The maximum absolute atomic E-state index is 12.9. The lowest BCUT2D eigenvalue weighted by Crippen LogP contribution is -2.40. The van der Waals surface area contributed by atoms with Crippen molar-refractivity contribution in [2.45, 2.75) is 245 Å². The van der Waals surface area contributed by atoms with Gasteiger partial charge in [-0.15, -0.1) is 0 Å². The van der Waals surface area contributed by atoms with Crippen LogP contribution in [-0.2, 0) is 33.3 Å². The lowest BCUT2D eigenvalue weighted by atomic mass is 10.0. The second-order valence-corrected chi connectivity index (χ2v) is 20.2. The number of aliphatic carboxylic acids is 1.